The zero-order valence-corrected chi connectivity index (χ0v) is 7.45. The second kappa shape index (κ2) is 3.05. The van der Waals surface area contributed by atoms with E-state index in [1.165, 1.54) is 12.8 Å². The first kappa shape index (κ1) is 8.05. The highest BCUT2D eigenvalue weighted by atomic mass is 16.7. The van der Waals surface area contributed by atoms with E-state index in [-0.39, 0.29) is 5.91 Å². The Hall–Kier alpha value is -0.570. The summed E-state index contributed by atoms with van der Waals surface area (Å²) in [7, 11) is 1.60. The molecule has 1 aliphatic heterocycles. The molecule has 1 amide bonds. The Morgan fingerprint density at radius 1 is 1.42 bits per heavy atom. The Morgan fingerprint density at radius 2 is 2.25 bits per heavy atom. The Kier molecular flexibility index (Phi) is 2.05. The van der Waals surface area contributed by atoms with Crippen molar-refractivity contribution in [1.82, 2.24) is 5.06 Å². The summed E-state index contributed by atoms with van der Waals surface area (Å²) in [4.78, 5) is 16.5. The van der Waals surface area contributed by atoms with Crippen LogP contribution in [-0.4, -0.2) is 24.1 Å². The molecule has 0 aromatic carbocycles. The van der Waals surface area contributed by atoms with Crippen LogP contribution in [-0.2, 0) is 9.63 Å². The molecule has 1 heterocycles. The van der Waals surface area contributed by atoms with Crippen molar-refractivity contribution in [2.45, 2.75) is 38.1 Å². The van der Waals surface area contributed by atoms with Gasteiger partial charge in [0.05, 0.1) is 13.2 Å². The number of hydroxylamine groups is 2. The molecule has 1 aliphatic carbocycles. The number of hydrogen-bond acceptors (Lipinski definition) is 2. The maximum atomic E-state index is 11.4. The van der Waals surface area contributed by atoms with E-state index in [1.54, 1.807) is 12.2 Å². The van der Waals surface area contributed by atoms with Gasteiger partial charge < -0.3 is 0 Å². The molecule has 0 bridgehead atoms. The van der Waals surface area contributed by atoms with Crippen LogP contribution in [0.4, 0.5) is 0 Å². The van der Waals surface area contributed by atoms with Crippen molar-refractivity contribution in [3.05, 3.63) is 0 Å². The summed E-state index contributed by atoms with van der Waals surface area (Å²) in [6.45, 7) is 0. The van der Waals surface area contributed by atoms with E-state index < -0.39 is 0 Å². The molecule has 0 aromatic rings. The zero-order chi connectivity index (χ0) is 8.55. The first-order chi connectivity index (χ1) is 5.83. The van der Waals surface area contributed by atoms with Crippen LogP contribution in [0.15, 0.2) is 0 Å². The highest BCUT2D eigenvalue weighted by Gasteiger charge is 2.39. The summed E-state index contributed by atoms with van der Waals surface area (Å²) in [5.74, 6) is 0.878. The van der Waals surface area contributed by atoms with Crippen LogP contribution in [0.1, 0.15) is 32.1 Å². The molecule has 3 nitrogen and oxygen atoms in total. The van der Waals surface area contributed by atoms with Gasteiger partial charge in [-0.1, -0.05) is 6.42 Å². The third-order valence-corrected chi connectivity index (χ3v) is 3.09. The lowest BCUT2D eigenvalue weighted by atomic mass is 9.93. The van der Waals surface area contributed by atoms with E-state index >= 15 is 0 Å². The van der Waals surface area contributed by atoms with Crippen LogP contribution in [0.5, 0.6) is 0 Å². The Bertz CT molecular complexity index is 193. The molecule has 2 aliphatic rings. The number of rotatable bonds is 1. The number of piperidine rings is 1. The van der Waals surface area contributed by atoms with Crippen molar-refractivity contribution in [3.63, 3.8) is 0 Å². The van der Waals surface area contributed by atoms with Crippen LogP contribution in [0.2, 0.25) is 0 Å². The van der Waals surface area contributed by atoms with Gasteiger partial charge in [-0.3, -0.25) is 9.63 Å². The fourth-order valence-corrected chi connectivity index (χ4v) is 2.50. The predicted octanol–water partition coefficient (Wildman–Crippen LogP) is 1.34. The Labute approximate surface area is 72.6 Å². The van der Waals surface area contributed by atoms with Gasteiger partial charge >= 0.3 is 0 Å². The Balaban J connectivity index is 2.11. The summed E-state index contributed by atoms with van der Waals surface area (Å²) in [5.41, 5.74) is 0. The van der Waals surface area contributed by atoms with Gasteiger partial charge in [0.2, 0.25) is 5.91 Å². The van der Waals surface area contributed by atoms with E-state index in [9.17, 15) is 4.79 Å². The van der Waals surface area contributed by atoms with Crippen molar-refractivity contribution < 1.29 is 9.63 Å². The summed E-state index contributed by atoms with van der Waals surface area (Å²) < 4.78 is 0. The van der Waals surface area contributed by atoms with Crippen LogP contribution in [0.3, 0.4) is 0 Å². The molecule has 1 saturated heterocycles. The monoisotopic (exact) mass is 169 g/mol. The van der Waals surface area contributed by atoms with Crippen molar-refractivity contribution >= 4 is 5.91 Å². The lowest BCUT2D eigenvalue weighted by Crippen LogP contribution is -2.45. The number of hydrogen-bond donors (Lipinski definition) is 0. The first-order valence-corrected chi connectivity index (χ1v) is 4.69. The smallest absolute Gasteiger partial charge is 0.246 e. The SMILES string of the molecule is CON1C(=O)CC[C@@H]2CCC[C@H]21. The third kappa shape index (κ3) is 1.12. The second-order valence-electron chi connectivity index (χ2n) is 3.70. The molecule has 3 heteroatoms. The minimum absolute atomic E-state index is 0.167. The number of nitrogens with zero attached hydrogens (tertiary/aromatic N) is 1. The summed E-state index contributed by atoms with van der Waals surface area (Å²) >= 11 is 0. The molecule has 0 unspecified atom stereocenters. The molecule has 2 rings (SSSR count). The van der Waals surface area contributed by atoms with Gasteiger partial charge in [0.25, 0.3) is 0 Å². The lowest BCUT2D eigenvalue weighted by Gasteiger charge is -2.35. The lowest BCUT2D eigenvalue weighted by molar-refractivity contribution is -0.199. The van der Waals surface area contributed by atoms with Crippen LogP contribution in [0, 0.1) is 5.92 Å². The summed E-state index contributed by atoms with van der Waals surface area (Å²) in [6, 6.07) is 0.385. The van der Waals surface area contributed by atoms with Crippen LogP contribution >= 0.6 is 0 Å². The average molecular weight is 169 g/mol. The minimum atomic E-state index is 0.167. The summed E-state index contributed by atoms with van der Waals surface area (Å²) in [5, 5.41) is 1.60. The molecule has 12 heavy (non-hydrogen) atoms. The van der Waals surface area contributed by atoms with Crippen molar-refractivity contribution in [1.29, 1.82) is 0 Å². The molecular formula is C9H15NO2. The van der Waals surface area contributed by atoms with Gasteiger partial charge in [0.15, 0.2) is 0 Å². The predicted molar refractivity (Wildman–Crippen MR) is 44.2 cm³/mol. The largest absolute Gasteiger partial charge is 0.274 e. The van der Waals surface area contributed by atoms with Crippen molar-refractivity contribution in [3.8, 4) is 0 Å². The third-order valence-electron chi connectivity index (χ3n) is 3.09. The maximum Gasteiger partial charge on any atom is 0.246 e. The minimum Gasteiger partial charge on any atom is -0.274 e. The van der Waals surface area contributed by atoms with Gasteiger partial charge in [0, 0.05) is 6.42 Å². The highest BCUT2D eigenvalue weighted by molar-refractivity contribution is 5.76. The normalized spacial score (nSPS) is 35.4. The number of carbonyl (C=O) groups is 1. The second-order valence-corrected chi connectivity index (χ2v) is 3.70. The van der Waals surface area contributed by atoms with Gasteiger partial charge in [-0.2, -0.15) is 0 Å². The molecule has 0 aromatic heterocycles. The van der Waals surface area contributed by atoms with E-state index in [2.05, 4.69) is 0 Å². The quantitative estimate of drug-likeness (QED) is 0.592. The molecule has 68 valence electrons. The van der Waals surface area contributed by atoms with Gasteiger partial charge in [0.1, 0.15) is 0 Å². The van der Waals surface area contributed by atoms with Crippen LogP contribution in [0.25, 0.3) is 0 Å². The number of amides is 1. The fourth-order valence-electron chi connectivity index (χ4n) is 2.50. The zero-order valence-electron chi connectivity index (χ0n) is 7.45. The number of carbonyl (C=O) groups excluding carboxylic acids is 1. The molecule has 0 spiro atoms. The van der Waals surface area contributed by atoms with Gasteiger partial charge in [-0.25, -0.2) is 5.06 Å². The van der Waals surface area contributed by atoms with E-state index in [4.69, 9.17) is 4.84 Å². The molecule has 2 fully saturated rings. The van der Waals surface area contributed by atoms with Crippen molar-refractivity contribution in [2.75, 3.05) is 7.11 Å². The van der Waals surface area contributed by atoms with Crippen LogP contribution < -0.4 is 0 Å². The summed E-state index contributed by atoms with van der Waals surface area (Å²) in [6.07, 6.45) is 5.41. The number of fused-ring (bicyclic) bond motifs is 1. The Morgan fingerprint density at radius 3 is 3.00 bits per heavy atom. The molecule has 0 radical (unpaired) electrons. The topological polar surface area (TPSA) is 29.5 Å². The standard InChI is InChI=1S/C9H15NO2/c1-12-10-8-4-2-3-7(8)5-6-9(10)11/h7-8H,2-6H2,1H3/t7-,8+/m0/s1. The van der Waals surface area contributed by atoms with Crippen molar-refractivity contribution in [2.24, 2.45) is 5.92 Å². The van der Waals surface area contributed by atoms with Gasteiger partial charge in [-0.05, 0) is 25.2 Å². The average Bonchev–Trinajstić information content (AvgIpc) is 2.52. The van der Waals surface area contributed by atoms with E-state index in [0.717, 1.165) is 12.8 Å². The highest BCUT2D eigenvalue weighted by Crippen LogP contribution is 2.36. The fraction of sp³-hybridized carbons (Fsp3) is 0.889. The molecule has 1 saturated carbocycles. The maximum absolute atomic E-state index is 11.4. The molecule has 0 N–H and O–H groups in total. The van der Waals surface area contributed by atoms with E-state index in [0.29, 0.717) is 18.4 Å². The molecular weight excluding hydrogens is 154 g/mol. The van der Waals surface area contributed by atoms with E-state index in [1.807, 2.05) is 0 Å². The first-order valence-electron chi connectivity index (χ1n) is 4.69. The molecule has 2 atom stereocenters. The van der Waals surface area contributed by atoms with Gasteiger partial charge in [-0.15, -0.1) is 0 Å².